The number of rotatable bonds is 6. The normalized spacial score (nSPS) is 12.2. The molecule has 20 heavy (non-hydrogen) atoms. The molecular weight excluding hydrogens is 284 g/mol. The molecule has 7 heteroatoms. The standard InChI is InChI=1S/C13H17ClN2O4/c1-8(2)10(6-7-17)15-13(18)12-9(14)4-3-5-11(12)16(19)20/h3-5,8,10,17H,6-7H2,1-2H3,(H,15,18). The van der Waals surface area contributed by atoms with E-state index in [1.165, 1.54) is 18.2 Å². The number of nitro benzene ring substituents is 1. The van der Waals surface area contributed by atoms with Gasteiger partial charge in [-0.2, -0.15) is 0 Å². The zero-order valence-corrected chi connectivity index (χ0v) is 12.1. The number of carbonyl (C=O) groups is 1. The van der Waals surface area contributed by atoms with E-state index in [4.69, 9.17) is 16.7 Å². The van der Waals surface area contributed by atoms with Gasteiger partial charge in [0.15, 0.2) is 0 Å². The quantitative estimate of drug-likeness (QED) is 0.623. The highest BCUT2D eigenvalue weighted by Crippen LogP contribution is 2.26. The third kappa shape index (κ3) is 3.91. The maximum absolute atomic E-state index is 12.2. The number of halogens is 1. The predicted octanol–water partition coefficient (Wildman–Crippen LogP) is 2.38. The van der Waals surface area contributed by atoms with Gasteiger partial charge in [-0.15, -0.1) is 0 Å². The molecule has 6 nitrogen and oxygen atoms in total. The molecule has 110 valence electrons. The molecule has 1 unspecified atom stereocenters. The zero-order valence-electron chi connectivity index (χ0n) is 11.3. The Bertz CT molecular complexity index is 505. The van der Waals surface area contributed by atoms with Crippen molar-refractivity contribution in [3.63, 3.8) is 0 Å². The Hall–Kier alpha value is -1.66. The Morgan fingerprint density at radius 1 is 1.50 bits per heavy atom. The maximum atomic E-state index is 12.2. The van der Waals surface area contributed by atoms with E-state index in [0.717, 1.165) is 0 Å². The second kappa shape index (κ2) is 7.21. The Kier molecular flexibility index (Phi) is 5.91. The lowest BCUT2D eigenvalue weighted by Gasteiger charge is -2.21. The molecule has 0 aliphatic carbocycles. The van der Waals surface area contributed by atoms with Gasteiger partial charge in [0, 0.05) is 18.7 Å². The van der Waals surface area contributed by atoms with Crippen molar-refractivity contribution in [2.75, 3.05) is 6.61 Å². The van der Waals surface area contributed by atoms with Crippen LogP contribution in [0.25, 0.3) is 0 Å². The summed E-state index contributed by atoms with van der Waals surface area (Å²) in [5.74, 6) is -0.512. The second-order valence-corrected chi connectivity index (χ2v) is 5.13. The van der Waals surface area contributed by atoms with Crippen LogP contribution in [0.15, 0.2) is 18.2 Å². The molecule has 0 radical (unpaired) electrons. The van der Waals surface area contributed by atoms with Gasteiger partial charge in [0.05, 0.1) is 9.95 Å². The summed E-state index contributed by atoms with van der Waals surface area (Å²) in [7, 11) is 0. The average Bonchev–Trinajstić information content (AvgIpc) is 2.37. The molecule has 1 aromatic rings. The van der Waals surface area contributed by atoms with E-state index in [0.29, 0.717) is 6.42 Å². The van der Waals surface area contributed by atoms with Crippen LogP contribution < -0.4 is 5.32 Å². The van der Waals surface area contributed by atoms with E-state index in [1.807, 2.05) is 13.8 Å². The Balaban J connectivity index is 3.05. The first-order valence-corrected chi connectivity index (χ1v) is 6.61. The van der Waals surface area contributed by atoms with Crippen LogP contribution in [-0.2, 0) is 0 Å². The molecule has 1 atom stereocenters. The van der Waals surface area contributed by atoms with Gasteiger partial charge < -0.3 is 10.4 Å². The van der Waals surface area contributed by atoms with Crippen LogP contribution in [0.4, 0.5) is 5.69 Å². The summed E-state index contributed by atoms with van der Waals surface area (Å²) in [6.45, 7) is 3.71. The van der Waals surface area contributed by atoms with Crippen LogP contribution in [0.1, 0.15) is 30.6 Å². The van der Waals surface area contributed by atoms with Gasteiger partial charge in [-0.3, -0.25) is 14.9 Å². The molecule has 2 N–H and O–H groups in total. The van der Waals surface area contributed by atoms with Crippen LogP contribution in [0.5, 0.6) is 0 Å². The third-order valence-electron chi connectivity index (χ3n) is 2.98. The Morgan fingerprint density at radius 3 is 2.65 bits per heavy atom. The van der Waals surface area contributed by atoms with Crippen LogP contribution in [0.2, 0.25) is 5.02 Å². The molecule has 0 saturated heterocycles. The molecule has 1 amide bonds. The van der Waals surface area contributed by atoms with Crippen molar-refractivity contribution in [1.29, 1.82) is 0 Å². The highest BCUT2D eigenvalue weighted by atomic mass is 35.5. The Labute approximate surface area is 121 Å². The molecule has 1 aromatic carbocycles. The van der Waals surface area contributed by atoms with Crippen LogP contribution in [0, 0.1) is 16.0 Å². The molecule has 0 heterocycles. The molecule has 0 spiro atoms. The van der Waals surface area contributed by atoms with E-state index < -0.39 is 10.8 Å². The van der Waals surface area contributed by atoms with Crippen LogP contribution in [-0.4, -0.2) is 28.6 Å². The fraction of sp³-hybridized carbons (Fsp3) is 0.462. The van der Waals surface area contributed by atoms with E-state index in [1.54, 1.807) is 0 Å². The molecule has 1 rings (SSSR count). The van der Waals surface area contributed by atoms with Crippen molar-refractivity contribution >= 4 is 23.2 Å². The average molecular weight is 301 g/mol. The monoisotopic (exact) mass is 300 g/mol. The molecule has 0 aliphatic rings. The predicted molar refractivity (Wildman–Crippen MR) is 75.9 cm³/mol. The van der Waals surface area contributed by atoms with Crippen molar-refractivity contribution in [3.8, 4) is 0 Å². The van der Waals surface area contributed by atoms with Gasteiger partial charge >= 0.3 is 0 Å². The summed E-state index contributed by atoms with van der Waals surface area (Å²) in [6.07, 6.45) is 0.377. The van der Waals surface area contributed by atoms with Gasteiger partial charge in [-0.05, 0) is 18.4 Å². The van der Waals surface area contributed by atoms with Crippen LogP contribution in [0.3, 0.4) is 0 Å². The highest BCUT2D eigenvalue weighted by molar-refractivity contribution is 6.34. The Morgan fingerprint density at radius 2 is 2.15 bits per heavy atom. The van der Waals surface area contributed by atoms with Gasteiger partial charge in [-0.25, -0.2) is 0 Å². The number of nitro groups is 1. The molecule has 0 aliphatic heterocycles. The number of benzene rings is 1. The summed E-state index contributed by atoms with van der Waals surface area (Å²) in [5, 5.41) is 22.6. The number of hydrogen-bond donors (Lipinski definition) is 2. The van der Waals surface area contributed by atoms with E-state index in [9.17, 15) is 14.9 Å². The number of aliphatic hydroxyl groups is 1. The van der Waals surface area contributed by atoms with Crippen LogP contribution >= 0.6 is 11.6 Å². The molecule has 0 bridgehead atoms. The largest absolute Gasteiger partial charge is 0.396 e. The lowest BCUT2D eigenvalue weighted by atomic mass is 10.0. The topological polar surface area (TPSA) is 92.5 Å². The first-order valence-electron chi connectivity index (χ1n) is 6.23. The fourth-order valence-corrected chi connectivity index (χ4v) is 2.10. The van der Waals surface area contributed by atoms with Crippen molar-refractivity contribution < 1.29 is 14.8 Å². The summed E-state index contributed by atoms with van der Waals surface area (Å²) in [4.78, 5) is 22.5. The minimum Gasteiger partial charge on any atom is -0.396 e. The minimum atomic E-state index is -0.642. The molecule has 0 aromatic heterocycles. The van der Waals surface area contributed by atoms with E-state index in [-0.39, 0.29) is 34.8 Å². The van der Waals surface area contributed by atoms with Crippen molar-refractivity contribution in [2.24, 2.45) is 5.92 Å². The third-order valence-corrected chi connectivity index (χ3v) is 3.29. The summed E-state index contributed by atoms with van der Waals surface area (Å²) in [5.41, 5.74) is -0.482. The number of carbonyl (C=O) groups excluding carboxylic acids is 1. The number of amides is 1. The highest BCUT2D eigenvalue weighted by Gasteiger charge is 2.25. The number of aliphatic hydroxyl groups excluding tert-OH is 1. The first-order chi connectivity index (χ1) is 9.38. The van der Waals surface area contributed by atoms with E-state index >= 15 is 0 Å². The number of nitrogens with zero attached hydrogens (tertiary/aromatic N) is 1. The SMILES string of the molecule is CC(C)C(CCO)NC(=O)c1c(Cl)cccc1[N+](=O)[O-]. The minimum absolute atomic E-state index is 0.0307. The van der Waals surface area contributed by atoms with Gasteiger partial charge in [0.1, 0.15) is 5.56 Å². The lowest BCUT2D eigenvalue weighted by molar-refractivity contribution is -0.385. The summed E-state index contributed by atoms with van der Waals surface area (Å²) >= 11 is 5.89. The van der Waals surface area contributed by atoms with Crippen molar-refractivity contribution in [3.05, 3.63) is 38.9 Å². The van der Waals surface area contributed by atoms with Crippen molar-refractivity contribution in [1.82, 2.24) is 5.32 Å². The van der Waals surface area contributed by atoms with E-state index in [2.05, 4.69) is 5.32 Å². The number of hydrogen-bond acceptors (Lipinski definition) is 4. The summed E-state index contributed by atoms with van der Waals surface area (Å²) < 4.78 is 0. The summed E-state index contributed by atoms with van der Waals surface area (Å²) in [6, 6.07) is 3.81. The lowest BCUT2D eigenvalue weighted by Crippen LogP contribution is -2.39. The van der Waals surface area contributed by atoms with Crippen molar-refractivity contribution in [2.45, 2.75) is 26.3 Å². The van der Waals surface area contributed by atoms with Gasteiger partial charge in [0.2, 0.25) is 0 Å². The number of nitrogens with one attached hydrogen (secondary N) is 1. The molecular formula is C13H17ClN2O4. The second-order valence-electron chi connectivity index (χ2n) is 4.73. The maximum Gasteiger partial charge on any atom is 0.283 e. The fourth-order valence-electron chi connectivity index (χ4n) is 1.84. The van der Waals surface area contributed by atoms with Gasteiger partial charge in [0.25, 0.3) is 11.6 Å². The van der Waals surface area contributed by atoms with Gasteiger partial charge in [-0.1, -0.05) is 31.5 Å². The molecule has 0 fully saturated rings. The smallest absolute Gasteiger partial charge is 0.283 e. The molecule has 0 saturated carbocycles. The first kappa shape index (κ1) is 16.4. The zero-order chi connectivity index (χ0) is 15.3.